The monoisotopic (exact) mass is 458 g/mol. The topological polar surface area (TPSA) is 66.5 Å². The Kier molecular flexibility index (Phi) is 6.93. The van der Waals surface area contributed by atoms with Gasteiger partial charge in [0.25, 0.3) is 0 Å². The number of hydrogen-bond acceptors (Lipinski definition) is 3. The second-order valence-corrected chi connectivity index (χ2v) is 9.40. The predicted octanol–water partition coefficient (Wildman–Crippen LogP) is 4.33. The van der Waals surface area contributed by atoms with Crippen molar-refractivity contribution in [2.75, 3.05) is 10.6 Å². The van der Waals surface area contributed by atoms with Gasteiger partial charge in [0.2, 0.25) is 15.9 Å². The standard InChI is InChI=1S/C24H24F2N2O3S/c1-16-9-7-8-12-20(16)23(18-10-5-4-6-11-18)27-24(29)17(2)28(32(3,30)31)19-13-14-21(25)22(26)15-19/h4-15,17,23H,1-3H3,(H,27,29)/t17-,23+/m0/s1. The third-order valence-electron chi connectivity index (χ3n) is 5.17. The molecule has 3 aromatic carbocycles. The summed E-state index contributed by atoms with van der Waals surface area (Å²) in [4.78, 5) is 13.2. The highest BCUT2D eigenvalue weighted by Crippen LogP contribution is 2.27. The van der Waals surface area contributed by atoms with Gasteiger partial charge in [-0.2, -0.15) is 0 Å². The van der Waals surface area contributed by atoms with Crippen LogP contribution in [0.15, 0.2) is 72.8 Å². The van der Waals surface area contributed by atoms with Gasteiger partial charge in [-0.3, -0.25) is 9.10 Å². The minimum absolute atomic E-state index is 0.138. The molecule has 0 bridgehead atoms. The number of anilines is 1. The van der Waals surface area contributed by atoms with Gasteiger partial charge in [0.05, 0.1) is 18.0 Å². The molecule has 0 fully saturated rings. The van der Waals surface area contributed by atoms with E-state index in [0.717, 1.165) is 45.5 Å². The molecule has 0 saturated heterocycles. The first-order valence-corrected chi connectivity index (χ1v) is 11.8. The molecular formula is C24H24F2N2O3S. The number of nitrogens with zero attached hydrogens (tertiary/aromatic N) is 1. The molecule has 32 heavy (non-hydrogen) atoms. The van der Waals surface area contributed by atoms with Crippen molar-refractivity contribution in [1.29, 1.82) is 0 Å². The number of hydrogen-bond donors (Lipinski definition) is 1. The smallest absolute Gasteiger partial charge is 0.244 e. The summed E-state index contributed by atoms with van der Waals surface area (Å²) in [5, 5.41) is 2.93. The zero-order valence-electron chi connectivity index (χ0n) is 17.9. The molecule has 0 aliphatic carbocycles. The molecule has 0 radical (unpaired) electrons. The zero-order valence-corrected chi connectivity index (χ0v) is 18.7. The van der Waals surface area contributed by atoms with Crippen molar-refractivity contribution in [2.24, 2.45) is 0 Å². The van der Waals surface area contributed by atoms with Crippen LogP contribution in [-0.2, 0) is 14.8 Å². The molecule has 0 aromatic heterocycles. The molecule has 0 unspecified atom stereocenters. The van der Waals surface area contributed by atoms with E-state index < -0.39 is 39.6 Å². The summed E-state index contributed by atoms with van der Waals surface area (Å²) in [6, 6.07) is 17.8. The number of carbonyl (C=O) groups excluding carboxylic acids is 1. The Hall–Kier alpha value is -3.26. The number of rotatable bonds is 7. The summed E-state index contributed by atoms with van der Waals surface area (Å²) in [6.45, 7) is 3.32. The summed E-state index contributed by atoms with van der Waals surface area (Å²) >= 11 is 0. The van der Waals surface area contributed by atoms with Crippen LogP contribution in [0.4, 0.5) is 14.5 Å². The second kappa shape index (κ2) is 9.48. The summed E-state index contributed by atoms with van der Waals surface area (Å²) in [6.07, 6.45) is 0.911. The van der Waals surface area contributed by atoms with Gasteiger partial charge >= 0.3 is 0 Å². The van der Waals surface area contributed by atoms with E-state index in [1.54, 1.807) is 0 Å². The molecule has 168 valence electrons. The molecule has 5 nitrogen and oxygen atoms in total. The van der Waals surface area contributed by atoms with E-state index in [2.05, 4.69) is 5.32 Å². The van der Waals surface area contributed by atoms with Crippen LogP contribution in [0.1, 0.15) is 29.7 Å². The van der Waals surface area contributed by atoms with Crippen LogP contribution in [-0.4, -0.2) is 26.6 Å². The fourth-order valence-corrected chi connectivity index (χ4v) is 4.76. The molecule has 8 heteroatoms. The maximum Gasteiger partial charge on any atom is 0.244 e. The third kappa shape index (κ3) is 5.13. The van der Waals surface area contributed by atoms with Crippen LogP contribution in [0, 0.1) is 18.6 Å². The minimum atomic E-state index is -3.98. The van der Waals surface area contributed by atoms with E-state index in [1.165, 1.54) is 6.92 Å². The number of benzene rings is 3. The van der Waals surface area contributed by atoms with Crippen molar-refractivity contribution in [2.45, 2.75) is 25.9 Å². The average Bonchev–Trinajstić information content (AvgIpc) is 2.74. The number of aryl methyl sites for hydroxylation is 1. The first kappa shape index (κ1) is 23.4. The van der Waals surface area contributed by atoms with Gasteiger partial charge in [-0.05, 0) is 42.7 Å². The lowest BCUT2D eigenvalue weighted by Gasteiger charge is -2.30. The van der Waals surface area contributed by atoms with Gasteiger partial charge in [0.15, 0.2) is 11.6 Å². The summed E-state index contributed by atoms with van der Waals surface area (Å²) in [7, 11) is -3.98. The van der Waals surface area contributed by atoms with E-state index in [9.17, 15) is 22.0 Å². The molecule has 2 atom stereocenters. The Morgan fingerprint density at radius 1 is 0.938 bits per heavy atom. The lowest BCUT2D eigenvalue weighted by molar-refractivity contribution is -0.122. The van der Waals surface area contributed by atoms with E-state index in [1.807, 2.05) is 61.5 Å². The van der Waals surface area contributed by atoms with Crippen molar-refractivity contribution in [3.05, 3.63) is 101 Å². The number of nitrogens with one attached hydrogen (secondary N) is 1. The predicted molar refractivity (Wildman–Crippen MR) is 121 cm³/mol. The van der Waals surface area contributed by atoms with E-state index in [4.69, 9.17) is 0 Å². The number of amides is 1. The lowest BCUT2D eigenvalue weighted by Crippen LogP contribution is -2.48. The molecule has 3 aromatic rings. The molecule has 1 amide bonds. The Morgan fingerprint density at radius 2 is 1.56 bits per heavy atom. The second-order valence-electron chi connectivity index (χ2n) is 7.54. The largest absolute Gasteiger partial charge is 0.343 e. The van der Waals surface area contributed by atoms with Crippen LogP contribution in [0.2, 0.25) is 0 Å². The number of halogens is 2. The highest BCUT2D eigenvalue weighted by atomic mass is 32.2. The van der Waals surface area contributed by atoms with Gasteiger partial charge in [0, 0.05) is 6.07 Å². The highest BCUT2D eigenvalue weighted by Gasteiger charge is 2.31. The quantitative estimate of drug-likeness (QED) is 0.573. The Balaban J connectivity index is 1.98. The molecule has 0 spiro atoms. The number of sulfonamides is 1. The van der Waals surface area contributed by atoms with Crippen LogP contribution in [0.5, 0.6) is 0 Å². The molecule has 0 heterocycles. The van der Waals surface area contributed by atoms with Gasteiger partial charge < -0.3 is 5.32 Å². The molecule has 0 saturated carbocycles. The number of carbonyl (C=O) groups is 1. The Bertz CT molecular complexity index is 1220. The van der Waals surface area contributed by atoms with Gasteiger partial charge in [-0.15, -0.1) is 0 Å². The zero-order chi connectivity index (χ0) is 23.5. The fourth-order valence-electron chi connectivity index (χ4n) is 3.59. The summed E-state index contributed by atoms with van der Waals surface area (Å²) in [5.74, 6) is -2.90. The van der Waals surface area contributed by atoms with Crippen molar-refractivity contribution < 1.29 is 22.0 Å². The summed E-state index contributed by atoms with van der Waals surface area (Å²) < 4.78 is 52.9. The van der Waals surface area contributed by atoms with Crippen molar-refractivity contribution in [1.82, 2.24) is 5.32 Å². The molecule has 0 aliphatic rings. The summed E-state index contributed by atoms with van der Waals surface area (Å²) in [5.41, 5.74) is 2.50. The normalized spacial score (nSPS) is 13.3. The van der Waals surface area contributed by atoms with Crippen LogP contribution < -0.4 is 9.62 Å². The molecular weight excluding hydrogens is 434 g/mol. The minimum Gasteiger partial charge on any atom is -0.343 e. The van der Waals surface area contributed by atoms with E-state index in [-0.39, 0.29) is 5.69 Å². The van der Waals surface area contributed by atoms with Crippen LogP contribution in [0.3, 0.4) is 0 Å². The molecule has 1 N–H and O–H groups in total. The Labute approximate surface area is 186 Å². The van der Waals surface area contributed by atoms with Crippen molar-refractivity contribution >= 4 is 21.6 Å². The maximum absolute atomic E-state index is 13.8. The van der Waals surface area contributed by atoms with Gasteiger partial charge in [-0.25, -0.2) is 17.2 Å². The molecule has 3 rings (SSSR count). The van der Waals surface area contributed by atoms with Gasteiger partial charge in [-0.1, -0.05) is 54.6 Å². The van der Waals surface area contributed by atoms with Gasteiger partial charge in [0.1, 0.15) is 6.04 Å². The fraction of sp³-hybridized carbons (Fsp3) is 0.208. The maximum atomic E-state index is 13.8. The highest BCUT2D eigenvalue weighted by molar-refractivity contribution is 7.92. The first-order chi connectivity index (χ1) is 15.1. The van der Waals surface area contributed by atoms with Crippen LogP contribution in [0.25, 0.3) is 0 Å². The Morgan fingerprint density at radius 3 is 2.16 bits per heavy atom. The first-order valence-electron chi connectivity index (χ1n) is 9.95. The van der Waals surface area contributed by atoms with Crippen molar-refractivity contribution in [3.63, 3.8) is 0 Å². The van der Waals surface area contributed by atoms with E-state index in [0.29, 0.717) is 0 Å². The lowest BCUT2D eigenvalue weighted by atomic mass is 9.94. The average molecular weight is 459 g/mol. The SMILES string of the molecule is Cc1ccccc1[C@H](NC(=O)[C@H](C)N(c1ccc(F)c(F)c1)S(C)(=O)=O)c1ccccc1. The molecule has 0 aliphatic heterocycles. The third-order valence-corrected chi connectivity index (χ3v) is 6.41. The van der Waals surface area contributed by atoms with E-state index >= 15 is 0 Å². The van der Waals surface area contributed by atoms with Crippen LogP contribution >= 0.6 is 0 Å². The van der Waals surface area contributed by atoms with Crippen molar-refractivity contribution in [3.8, 4) is 0 Å².